The number of imidazole rings is 1. The van der Waals surface area contributed by atoms with E-state index < -0.39 is 0 Å². The quantitative estimate of drug-likeness (QED) is 0.713. The standard InChI is InChI=1S/C12H17N3/c1-9-7-15-8-10(5-12(2,3)4)13-6-11(15)14-9/h6-8H,5H2,1-4H3. The van der Waals surface area contributed by atoms with Crippen LogP contribution in [0.3, 0.4) is 0 Å². The summed E-state index contributed by atoms with van der Waals surface area (Å²) in [5, 5.41) is 0. The lowest BCUT2D eigenvalue weighted by atomic mass is 9.91. The molecule has 0 radical (unpaired) electrons. The van der Waals surface area contributed by atoms with E-state index in [0.29, 0.717) is 0 Å². The maximum atomic E-state index is 4.42. The maximum absolute atomic E-state index is 4.42. The van der Waals surface area contributed by atoms with Crippen LogP contribution in [-0.4, -0.2) is 14.4 Å². The van der Waals surface area contributed by atoms with Crippen LogP contribution in [0.15, 0.2) is 18.6 Å². The van der Waals surface area contributed by atoms with Crippen LogP contribution in [-0.2, 0) is 6.42 Å². The zero-order valence-corrected chi connectivity index (χ0v) is 9.78. The van der Waals surface area contributed by atoms with Gasteiger partial charge in [0.05, 0.1) is 17.6 Å². The van der Waals surface area contributed by atoms with Crippen molar-refractivity contribution < 1.29 is 0 Å². The van der Waals surface area contributed by atoms with Gasteiger partial charge in [0, 0.05) is 12.4 Å². The summed E-state index contributed by atoms with van der Waals surface area (Å²) >= 11 is 0. The summed E-state index contributed by atoms with van der Waals surface area (Å²) in [6.07, 6.45) is 6.93. The second-order valence-electron chi connectivity index (χ2n) is 5.26. The third kappa shape index (κ3) is 2.35. The van der Waals surface area contributed by atoms with E-state index in [1.165, 1.54) is 0 Å². The van der Waals surface area contributed by atoms with Gasteiger partial charge in [0.15, 0.2) is 5.65 Å². The van der Waals surface area contributed by atoms with E-state index in [1.807, 2.05) is 23.7 Å². The molecular weight excluding hydrogens is 186 g/mol. The Hall–Kier alpha value is -1.38. The van der Waals surface area contributed by atoms with Gasteiger partial charge in [-0.25, -0.2) is 4.98 Å². The van der Waals surface area contributed by atoms with E-state index in [1.54, 1.807) is 0 Å². The third-order valence-corrected chi connectivity index (χ3v) is 2.23. The van der Waals surface area contributed by atoms with Crippen molar-refractivity contribution in [3.05, 3.63) is 30.0 Å². The normalized spacial score (nSPS) is 12.3. The number of hydrogen-bond acceptors (Lipinski definition) is 2. The summed E-state index contributed by atoms with van der Waals surface area (Å²) in [6.45, 7) is 8.66. The molecule has 2 aromatic rings. The van der Waals surface area contributed by atoms with Crippen LogP contribution >= 0.6 is 0 Å². The molecule has 0 saturated carbocycles. The molecule has 3 heteroatoms. The Kier molecular flexibility index (Phi) is 2.25. The fourth-order valence-electron chi connectivity index (χ4n) is 1.70. The summed E-state index contributed by atoms with van der Waals surface area (Å²) in [5.41, 5.74) is 3.35. The van der Waals surface area contributed by atoms with Crippen LogP contribution < -0.4 is 0 Å². The van der Waals surface area contributed by atoms with Crippen LogP contribution in [0.2, 0.25) is 0 Å². The van der Waals surface area contributed by atoms with Crippen LogP contribution in [0.25, 0.3) is 5.65 Å². The monoisotopic (exact) mass is 203 g/mol. The van der Waals surface area contributed by atoms with E-state index in [2.05, 4.69) is 36.9 Å². The lowest BCUT2D eigenvalue weighted by Crippen LogP contribution is -2.11. The molecule has 15 heavy (non-hydrogen) atoms. The molecule has 0 unspecified atom stereocenters. The number of nitrogens with zero attached hydrogens (tertiary/aromatic N) is 3. The smallest absolute Gasteiger partial charge is 0.155 e. The summed E-state index contributed by atoms with van der Waals surface area (Å²) < 4.78 is 2.05. The lowest BCUT2D eigenvalue weighted by Gasteiger charge is -2.17. The van der Waals surface area contributed by atoms with Crippen molar-refractivity contribution >= 4 is 5.65 Å². The van der Waals surface area contributed by atoms with Crippen LogP contribution in [0.1, 0.15) is 32.2 Å². The number of hydrogen-bond donors (Lipinski definition) is 0. The highest BCUT2D eigenvalue weighted by molar-refractivity contribution is 5.37. The van der Waals surface area contributed by atoms with Crippen molar-refractivity contribution in [1.29, 1.82) is 0 Å². The van der Waals surface area contributed by atoms with E-state index in [4.69, 9.17) is 0 Å². The molecule has 0 aliphatic heterocycles. The zero-order valence-electron chi connectivity index (χ0n) is 9.78. The number of aryl methyl sites for hydroxylation is 1. The molecule has 0 aliphatic carbocycles. The van der Waals surface area contributed by atoms with Crippen molar-refractivity contribution in [3.63, 3.8) is 0 Å². The van der Waals surface area contributed by atoms with Gasteiger partial charge in [0.1, 0.15) is 0 Å². The van der Waals surface area contributed by atoms with E-state index in [0.717, 1.165) is 23.5 Å². The molecule has 80 valence electrons. The molecular formula is C12H17N3. The van der Waals surface area contributed by atoms with Gasteiger partial charge in [-0.2, -0.15) is 0 Å². The molecule has 0 atom stereocenters. The molecule has 2 rings (SSSR count). The zero-order chi connectivity index (χ0) is 11.1. The summed E-state index contributed by atoms with van der Waals surface area (Å²) in [4.78, 5) is 8.77. The molecule has 0 aliphatic rings. The lowest BCUT2D eigenvalue weighted by molar-refractivity contribution is 0.405. The first kappa shape index (κ1) is 10.1. The van der Waals surface area contributed by atoms with E-state index in [9.17, 15) is 0 Å². The fraction of sp³-hybridized carbons (Fsp3) is 0.500. The van der Waals surface area contributed by atoms with Crippen molar-refractivity contribution in [1.82, 2.24) is 14.4 Å². The van der Waals surface area contributed by atoms with Gasteiger partial charge >= 0.3 is 0 Å². The first-order chi connectivity index (χ1) is 6.94. The van der Waals surface area contributed by atoms with Gasteiger partial charge in [-0.05, 0) is 18.8 Å². The SMILES string of the molecule is Cc1cn2cc(CC(C)(C)C)ncc2n1. The Labute approximate surface area is 90.2 Å². The van der Waals surface area contributed by atoms with Crippen LogP contribution in [0.4, 0.5) is 0 Å². The van der Waals surface area contributed by atoms with Crippen molar-refractivity contribution in [3.8, 4) is 0 Å². The summed E-state index contributed by atoms with van der Waals surface area (Å²) in [5.74, 6) is 0. The Morgan fingerprint density at radius 2 is 2.00 bits per heavy atom. The van der Waals surface area contributed by atoms with Gasteiger partial charge < -0.3 is 4.40 Å². The molecule has 0 bridgehead atoms. The van der Waals surface area contributed by atoms with Gasteiger partial charge in [0.2, 0.25) is 0 Å². The number of fused-ring (bicyclic) bond motifs is 1. The van der Waals surface area contributed by atoms with Crippen molar-refractivity contribution in [2.24, 2.45) is 5.41 Å². The molecule has 0 spiro atoms. The fourth-order valence-corrected chi connectivity index (χ4v) is 1.70. The van der Waals surface area contributed by atoms with E-state index >= 15 is 0 Å². The first-order valence-electron chi connectivity index (χ1n) is 5.24. The van der Waals surface area contributed by atoms with Crippen molar-refractivity contribution in [2.45, 2.75) is 34.1 Å². The predicted octanol–water partition coefficient (Wildman–Crippen LogP) is 2.63. The van der Waals surface area contributed by atoms with Gasteiger partial charge in [-0.3, -0.25) is 4.98 Å². The Balaban J connectivity index is 2.38. The third-order valence-electron chi connectivity index (χ3n) is 2.23. The minimum atomic E-state index is 0.274. The second-order valence-corrected chi connectivity index (χ2v) is 5.26. The molecule has 0 saturated heterocycles. The maximum Gasteiger partial charge on any atom is 0.155 e. The summed E-state index contributed by atoms with van der Waals surface area (Å²) in [6, 6.07) is 0. The minimum absolute atomic E-state index is 0.274. The predicted molar refractivity (Wildman–Crippen MR) is 60.9 cm³/mol. The molecule has 2 aromatic heterocycles. The molecule has 2 heterocycles. The molecule has 3 nitrogen and oxygen atoms in total. The number of rotatable bonds is 1. The van der Waals surface area contributed by atoms with E-state index in [-0.39, 0.29) is 5.41 Å². The molecule has 0 amide bonds. The Morgan fingerprint density at radius 3 is 2.67 bits per heavy atom. The molecule has 0 N–H and O–H groups in total. The van der Waals surface area contributed by atoms with Gasteiger partial charge in [-0.15, -0.1) is 0 Å². The number of aromatic nitrogens is 3. The Bertz CT molecular complexity index is 477. The molecule has 0 aromatic carbocycles. The largest absolute Gasteiger partial charge is 0.304 e. The highest BCUT2D eigenvalue weighted by Crippen LogP contribution is 2.19. The first-order valence-corrected chi connectivity index (χ1v) is 5.24. The highest BCUT2D eigenvalue weighted by atomic mass is 15.0. The van der Waals surface area contributed by atoms with Gasteiger partial charge in [0.25, 0.3) is 0 Å². The second kappa shape index (κ2) is 3.33. The van der Waals surface area contributed by atoms with Crippen LogP contribution in [0.5, 0.6) is 0 Å². The van der Waals surface area contributed by atoms with Gasteiger partial charge in [-0.1, -0.05) is 20.8 Å². The van der Waals surface area contributed by atoms with Crippen LogP contribution in [0, 0.1) is 12.3 Å². The average Bonchev–Trinajstić information content (AvgIpc) is 2.40. The average molecular weight is 203 g/mol. The topological polar surface area (TPSA) is 30.2 Å². The minimum Gasteiger partial charge on any atom is -0.304 e. The van der Waals surface area contributed by atoms with Crippen molar-refractivity contribution in [2.75, 3.05) is 0 Å². The molecule has 0 fully saturated rings. The highest BCUT2D eigenvalue weighted by Gasteiger charge is 2.12. The Morgan fingerprint density at radius 1 is 1.27 bits per heavy atom. The summed E-state index contributed by atoms with van der Waals surface area (Å²) in [7, 11) is 0.